The summed E-state index contributed by atoms with van der Waals surface area (Å²) in [6.07, 6.45) is 4.87. The van der Waals surface area contributed by atoms with Crippen molar-refractivity contribution >= 4 is 22.9 Å². The fraction of sp³-hybridized carbons (Fsp3) is 0.765. The monoisotopic (exact) mass is 342 g/mol. The molecule has 0 saturated carbocycles. The fourth-order valence-electron chi connectivity index (χ4n) is 3.58. The Balaban J connectivity index is 1.44. The van der Waals surface area contributed by atoms with E-state index in [1.165, 1.54) is 43.8 Å². The largest absolute Gasteiger partial charge is 0.381 e. The van der Waals surface area contributed by atoms with Crippen LogP contribution in [0.2, 0.25) is 4.34 Å². The number of halogens is 1. The molecule has 124 valence electrons. The van der Waals surface area contributed by atoms with E-state index in [0.29, 0.717) is 12.1 Å². The molecule has 5 heteroatoms. The van der Waals surface area contributed by atoms with Crippen LogP contribution >= 0.6 is 22.9 Å². The molecular weight excluding hydrogens is 316 g/mol. The third-order valence-corrected chi connectivity index (χ3v) is 6.26. The van der Waals surface area contributed by atoms with Gasteiger partial charge in [-0.1, -0.05) is 18.5 Å². The summed E-state index contributed by atoms with van der Waals surface area (Å²) in [6.45, 7) is 7.84. The highest BCUT2D eigenvalue weighted by Crippen LogP contribution is 2.29. The number of rotatable bonds is 6. The van der Waals surface area contributed by atoms with E-state index in [2.05, 4.69) is 23.2 Å². The zero-order valence-electron chi connectivity index (χ0n) is 13.4. The summed E-state index contributed by atoms with van der Waals surface area (Å²) < 4.78 is 6.38. The van der Waals surface area contributed by atoms with Crippen molar-refractivity contribution in [2.45, 2.75) is 44.7 Å². The molecule has 2 aliphatic heterocycles. The van der Waals surface area contributed by atoms with Gasteiger partial charge in [-0.3, -0.25) is 0 Å². The molecule has 0 amide bonds. The van der Waals surface area contributed by atoms with Crippen molar-refractivity contribution < 1.29 is 4.74 Å². The molecule has 2 saturated heterocycles. The van der Waals surface area contributed by atoms with Crippen molar-refractivity contribution in [3.8, 4) is 0 Å². The molecule has 3 heterocycles. The number of likely N-dealkylation sites (tertiary alicyclic amines) is 1. The molecule has 3 nitrogen and oxygen atoms in total. The lowest BCUT2D eigenvalue weighted by Crippen LogP contribution is -2.44. The second kappa shape index (κ2) is 8.11. The topological polar surface area (TPSA) is 24.5 Å². The van der Waals surface area contributed by atoms with Crippen LogP contribution in [-0.2, 0) is 4.74 Å². The van der Waals surface area contributed by atoms with Gasteiger partial charge in [-0.15, -0.1) is 11.3 Å². The summed E-state index contributed by atoms with van der Waals surface area (Å²) in [7, 11) is 0. The summed E-state index contributed by atoms with van der Waals surface area (Å²) in [5, 5.41) is 3.85. The SMILES string of the molecule is CCC(NC1CCN(CC2CCOC2)CC1)c1ccc(Cl)s1. The first kappa shape index (κ1) is 16.7. The van der Waals surface area contributed by atoms with Gasteiger partial charge in [0.2, 0.25) is 0 Å². The summed E-state index contributed by atoms with van der Waals surface area (Å²) >= 11 is 7.79. The lowest BCUT2D eigenvalue weighted by atomic mass is 10.0. The molecule has 22 heavy (non-hydrogen) atoms. The summed E-state index contributed by atoms with van der Waals surface area (Å²) in [5.74, 6) is 0.765. The zero-order valence-corrected chi connectivity index (χ0v) is 15.0. The van der Waals surface area contributed by atoms with Crippen LogP contribution in [0, 0.1) is 5.92 Å². The van der Waals surface area contributed by atoms with E-state index in [1.807, 2.05) is 6.07 Å². The van der Waals surface area contributed by atoms with Gasteiger partial charge in [-0.05, 0) is 56.8 Å². The number of ether oxygens (including phenoxy) is 1. The Labute approximate surface area is 143 Å². The van der Waals surface area contributed by atoms with E-state index >= 15 is 0 Å². The summed E-state index contributed by atoms with van der Waals surface area (Å²) in [6, 6.07) is 5.28. The maximum absolute atomic E-state index is 6.08. The van der Waals surface area contributed by atoms with Crippen LogP contribution in [0.3, 0.4) is 0 Å². The van der Waals surface area contributed by atoms with Crippen molar-refractivity contribution in [3.05, 3.63) is 21.3 Å². The van der Waals surface area contributed by atoms with Gasteiger partial charge in [0.25, 0.3) is 0 Å². The molecule has 0 aliphatic carbocycles. The fourth-order valence-corrected chi connectivity index (χ4v) is 4.78. The van der Waals surface area contributed by atoms with Crippen LogP contribution in [0.15, 0.2) is 12.1 Å². The van der Waals surface area contributed by atoms with Crippen molar-refractivity contribution in [1.29, 1.82) is 0 Å². The molecule has 2 aliphatic rings. The Bertz CT molecular complexity index is 453. The van der Waals surface area contributed by atoms with Crippen LogP contribution in [0.5, 0.6) is 0 Å². The molecule has 2 fully saturated rings. The Morgan fingerprint density at radius 1 is 1.36 bits per heavy atom. The van der Waals surface area contributed by atoms with Crippen molar-refractivity contribution in [2.75, 3.05) is 32.8 Å². The van der Waals surface area contributed by atoms with Crippen LogP contribution in [0.1, 0.15) is 43.5 Å². The van der Waals surface area contributed by atoms with Gasteiger partial charge in [-0.25, -0.2) is 0 Å². The standard InChI is InChI=1S/C17H27ClN2OS/c1-2-15(16-3-4-17(18)22-16)19-14-5-8-20(9-6-14)11-13-7-10-21-12-13/h3-4,13-15,19H,2,5-12H2,1H3. The maximum atomic E-state index is 6.08. The van der Waals surface area contributed by atoms with Crippen LogP contribution in [0.25, 0.3) is 0 Å². The number of piperidine rings is 1. The minimum Gasteiger partial charge on any atom is -0.381 e. The predicted molar refractivity (Wildman–Crippen MR) is 93.9 cm³/mol. The average Bonchev–Trinajstić information content (AvgIpc) is 3.18. The number of thiophene rings is 1. The third kappa shape index (κ3) is 4.45. The molecule has 1 N–H and O–H groups in total. The molecule has 2 atom stereocenters. The molecule has 0 spiro atoms. The average molecular weight is 343 g/mol. The second-order valence-electron chi connectivity index (χ2n) is 6.57. The second-order valence-corrected chi connectivity index (χ2v) is 8.32. The highest BCUT2D eigenvalue weighted by molar-refractivity contribution is 7.16. The molecule has 3 rings (SSSR count). The van der Waals surface area contributed by atoms with Gasteiger partial charge in [-0.2, -0.15) is 0 Å². The molecule has 0 aromatic carbocycles. The Kier molecular flexibility index (Phi) is 6.16. The lowest BCUT2D eigenvalue weighted by Gasteiger charge is -2.35. The van der Waals surface area contributed by atoms with E-state index in [0.717, 1.165) is 29.9 Å². The predicted octanol–water partition coefficient (Wildman–Crippen LogP) is 3.94. The van der Waals surface area contributed by atoms with Gasteiger partial charge >= 0.3 is 0 Å². The van der Waals surface area contributed by atoms with Gasteiger partial charge in [0.1, 0.15) is 0 Å². The first-order valence-electron chi connectivity index (χ1n) is 8.56. The highest BCUT2D eigenvalue weighted by atomic mass is 35.5. The van der Waals surface area contributed by atoms with Crippen molar-refractivity contribution in [2.24, 2.45) is 5.92 Å². The lowest BCUT2D eigenvalue weighted by molar-refractivity contribution is 0.145. The van der Waals surface area contributed by atoms with E-state index in [1.54, 1.807) is 11.3 Å². The van der Waals surface area contributed by atoms with Crippen molar-refractivity contribution in [3.63, 3.8) is 0 Å². The molecule has 0 radical (unpaired) electrons. The van der Waals surface area contributed by atoms with Crippen molar-refractivity contribution in [1.82, 2.24) is 10.2 Å². The highest BCUT2D eigenvalue weighted by Gasteiger charge is 2.25. The first-order valence-corrected chi connectivity index (χ1v) is 9.75. The molecular formula is C17H27ClN2OS. The van der Waals surface area contributed by atoms with Gasteiger partial charge in [0, 0.05) is 30.1 Å². The first-order chi connectivity index (χ1) is 10.7. The Hall–Kier alpha value is -0.130. The van der Waals surface area contributed by atoms with Gasteiger partial charge < -0.3 is 15.0 Å². The normalized spacial score (nSPS) is 25.6. The quantitative estimate of drug-likeness (QED) is 0.847. The van der Waals surface area contributed by atoms with E-state index in [4.69, 9.17) is 16.3 Å². The van der Waals surface area contributed by atoms with E-state index < -0.39 is 0 Å². The third-order valence-electron chi connectivity index (χ3n) is 4.91. The van der Waals surface area contributed by atoms with Crippen LogP contribution in [0.4, 0.5) is 0 Å². The van der Waals surface area contributed by atoms with E-state index in [9.17, 15) is 0 Å². The molecule has 1 aromatic rings. The number of hydrogen-bond donors (Lipinski definition) is 1. The van der Waals surface area contributed by atoms with Gasteiger partial charge in [0.15, 0.2) is 0 Å². The van der Waals surface area contributed by atoms with Gasteiger partial charge in [0.05, 0.1) is 10.9 Å². The van der Waals surface area contributed by atoms with E-state index in [-0.39, 0.29) is 0 Å². The van der Waals surface area contributed by atoms with Crippen LogP contribution in [-0.4, -0.2) is 43.8 Å². The summed E-state index contributed by atoms with van der Waals surface area (Å²) in [5.41, 5.74) is 0. The Morgan fingerprint density at radius 2 is 2.18 bits per heavy atom. The minimum absolute atomic E-state index is 0.456. The minimum atomic E-state index is 0.456. The maximum Gasteiger partial charge on any atom is 0.0931 e. The van der Waals surface area contributed by atoms with Crippen LogP contribution < -0.4 is 5.32 Å². The zero-order chi connectivity index (χ0) is 15.4. The number of hydrogen-bond acceptors (Lipinski definition) is 4. The molecule has 1 aromatic heterocycles. The smallest absolute Gasteiger partial charge is 0.0931 e. The summed E-state index contributed by atoms with van der Waals surface area (Å²) in [4.78, 5) is 4.00. The Morgan fingerprint density at radius 3 is 2.77 bits per heavy atom. The molecule has 2 unspecified atom stereocenters. The number of nitrogens with one attached hydrogen (secondary N) is 1. The number of nitrogens with zero attached hydrogens (tertiary/aromatic N) is 1. The molecule has 0 bridgehead atoms.